The van der Waals surface area contributed by atoms with Gasteiger partial charge >= 0.3 is 0 Å². The molecule has 0 aliphatic rings. The molecular weight excluding hydrogens is 328 g/mol. The maximum Gasteiger partial charge on any atom is 0.274 e. The summed E-state index contributed by atoms with van der Waals surface area (Å²) in [4.78, 5) is 21.1. The summed E-state index contributed by atoms with van der Waals surface area (Å²) in [6.45, 7) is 4.28. The van der Waals surface area contributed by atoms with Crippen LogP contribution >= 0.6 is 0 Å². The summed E-state index contributed by atoms with van der Waals surface area (Å²) in [5, 5.41) is 6.01. The Morgan fingerprint density at radius 3 is 2.42 bits per heavy atom. The highest BCUT2D eigenvalue weighted by atomic mass is 16.5. The molecule has 0 aliphatic heterocycles. The summed E-state index contributed by atoms with van der Waals surface area (Å²) in [6.07, 6.45) is 0. The Balaban J connectivity index is 1.74. The van der Waals surface area contributed by atoms with Crippen LogP contribution in [-0.4, -0.2) is 22.5 Å². The van der Waals surface area contributed by atoms with Crippen molar-refractivity contribution in [3.05, 3.63) is 72.2 Å². The molecule has 0 saturated heterocycles. The minimum atomic E-state index is -0.296. The third-order valence-corrected chi connectivity index (χ3v) is 3.54. The van der Waals surface area contributed by atoms with Crippen molar-refractivity contribution in [2.24, 2.45) is 0 Å². The van der Waals surface area contributed by atoms with Gasteiger partial charge in [0.25, 0.3) is 5.91 Å². The molecule has 0 atom stereocenters. The van der Waals surface area contributed by atoms with E-state index in [1.165, 1.54) is 0 Å². The van der Waals surface area contributed by atoms with Crippen LogP contribution in [0.1, 0.15) is 23.2 Å². The fourth-order valence-corrected chi connectivity index (χ4v) is 2.41. The lowest BCUT2D eigenvalue weighted by Crippen LogP contribution is -2.15. The Bertz CT molecular complexity index is 880. The van der Waals surface area contributed by atoms with Crippen molar-refractivity contribution in [2.45, 2.75) is 13.8 Å². The van der Waals surface area contributed by atoms with Gasteiger partial charge in [-0.3, -0.25) is 4.79 Å². The Labute approximate surface area is 152 Å². The molecule has 3 rings (SSSR count). The van der Waals surface area contributed by atoms with Gasteiger partial charge in [0.15, 0.2) is 0 Å². The summed E-state index contributed by atoms with van der Waals surface area (Å²) in [5.74, 6) is 1.55. The van der Waals surface area contributed by atoms with E-state index in [9.17, 15) is 4.79 Å². The van der Waals surface area contributed by atoms with Gasteiger partial charge in [-0.1, -0.05) is 18.2 Å². The van der Waals surface area contributed by atoms with Crippen molar-refractivity contribution < 1.29 is 9.53 Å². The number of benzene rings is 2. The van der Waals surface area contributed by atoms with E-state index < -0.39 is 0 Å². The van der Waals surface area contributed by atoms with Crippen molar-refractivity contribution in [1.82, 2.24) is 9.97 Å². The van der Waals surface area contributed by atoms with Crippen LogP contribution in [0.15, 0.2) is 60.7 Å². The monoisotopic (exact) mass is 348 g/mol. The number of amides is 1. The van der Waals surface area contributed by atoms with E-state index in [1.807, 2.05) is 49.4 Å². The number of carbonyl (C=O) groups excluding carboxylic acids is 1. The van der Waals surface area contributed by atoms with E-state index in [0.717, 1.165) is 11.4 Å². The first kappa shape index (κ1) is 17.4. The fraction of sp³-hybridized carbons (Fsp3) is 0.150. The lowest BCUT2D eigenvalue weighted by Gasteiger charge is -2.10. The normalized spacial score (nSPS) is 10.2. The molecule has 26 heavy (non-hydrogen) atoms. The minimum absolute atomic E-state index is 0.296. The molecule has 0 unspecified atom stereocenters. The second-order valence-corrected chi connectivity index (χ2v) is 5.59. The van der Waals surface area contributed by atoms with Crippen LogP contribution < -0.4 is 15.4 Å². The summed E-state index contributed by atoms with van der Waals surface area (Å²) in [7, 11) is 0. The number of rotatable bonds is 6. The molecule has 0 radical (unpaired) electrons. The van der Waals surface area contributed by atoms with Crippen LogP contribution in [0.4, 0.5) is 17.2 Å². The van der Waals surface area contributed by atoms with Crippen LogP contribution in [0.5, 0.6) is 5.75 Å². The van der Waals surface area contributed by atoms with Gasteiger partial charge < -0.3 is 15.4 Å². The van der Waals surface area contributed by atoms with Crippen molar-refractivity contribution in [1.29, 1.82) is 0 Å². The topological polar surface area (TPSA) is 76.1 Å². The Kier molecular flexibility index (Phi) is 5.43. The molecule has 3 aromatic rings. The molecule has 0 spiro atoms. The Morgan fingerprint density at radius 2 is 1.73 bits per heavy atom. The summed E-state index contributed by atoms with van der Waals surface area (Å²) in [5.41, 5.74) is 1.86. The van der Waals surface area contributed by atoms with Gasteiger partial charge in [-0.15, -0.1) is 0 Å². The van der Waals surface area contributed by atoms with Gasteiger partial charge in [0.05, 0.1) is 6.61 Å². The maximum atomic E-state index is 12.5. The van der Waals surface area contributed by atoms with Gasteiger partial charge in [0.1, 0.15) is 23.1 Å². The van der Waals surface area contributed by atoms with Crippen LogP contribution in [0, 0.1) is 6.92 Å². The molecule has 6 nitrogen and oxygen atoms in total. The van der Waals surface area contributed by atoms with Gasteiger partial charge in [-0.05, 0) is 50.2 Å². The van der Waals surface area contributed by atoms with Gasteiger partial charge in [0.2, 0.25) is 0 Å². The zero-order valence-electron chi connectivity index (χ0n) is 14.7. The summed E-state index contributed by atoms with van der Waals surface area (Å²) < 4.78 is 5.40. The molecule has 132 valence electrons. The second kappa shape index (κ2) is 8.11. The molecule has 1 amide bonds. The summed E-state index contributed by atoms with van der Waals surface area (Å²) in [6, 6.07) is 18.5. The predicted octanol–water partition coefficient (Wildman–Crippen LogP) is 4.18. The number of aromatic nitrogens is 2. The predicted molar refractivity (Wildman–Crippen MR) is 102 cm³/mol. The van der Waals surface area contributed by atoms with E-state index in [4.69, 9.17) is 4.74 Å². The van der Waals surface area contributed by atoms with E-state index in [0.29, 0.717) is 29.6 Å². The number of carbonyl (C=O) groups is 1. The highest BCUT2D eigenvalue weighted by Crippen LogP contribution is 2.18. The first-order valence-electron chi connectivity index (χ1n) is 8.36. The molecule has 0 fully saturated rings. The Hall–Kier alpha value is -3.41. The molecule has 0 bridgehead atoms. The molecule has 6 heteroatoms. The van der Waals surface area contributed by atoms with Crippen molar-refractivity contribution in [3.63, 3.8) is 0 Å². The van der Waals surface area contributed by atoms with E-state index in [-0.39, 0.29) is 5.91 Å². The van der Waals surface area contributed by atoms with Crippen LogP contribution in [0.3, 0.4) is 0 Å². The average molecular weight is 348 g/mol. The lowest BCUT2D eigenvalue weighted by molar-refractivity contribution is 0.102. The van der Waals surface area contributed by atoms with E-state index in [2.05, 4.69) is 20.6 Å². The first-order valence-corrected chi connectivity index (χ1v) is 8.36. The van der Waals surface area contributed by atoms with Crippen LogP contribution in [-0.2, 0) is 0 Å². The van der Waals surface area contributed by atoms with E-state index in [1.54, 1.807) is 25.1 Å². The molecule has 1 aromatic heterocycles. The number of ether oxygens (including phenoxy) is 1. The molecule has 2 N–H and O–H groups in total. The highest BCUT2D eigenvalue weighted by molar-refractivity contribution is 6.03. The van der Waals surface area contributed by atoms with Crippen molar-refractivity contribution >= 4 is 23.1 Å². The van der Waals surface area contributed by atoms with Gasteiger partial charge in [-0.2, -0.15) is 0 Å². The van der Waals surface area contributed by atoms with Crippen LogP contribution in [0.2, 0.25) is 0 Å². The highest BCUT2D eigenvalue weighted by Gasteiger charge is 2.11. The largest absolute Gasteiger partial charge is 0.494 e. The van der Waals surface area contributed by atoms with Crippen LogP contribution in [0.25, 0.3) is 0 Å². The van der Waals surface area contributed by atoms with E-state index >= 15 is 0 Å². The quantitative estimate of drug-likeness (QED) is 0.699. The number of hydrogen-bond acceptors (Lipinski definition) is 5. The first-order chi connectivity index (χ1) is 12.6. The third-order valence-electron chi connectivity index (χ3n) is 3.54. The molecule has 0 saturated carbocycles. The second-order valence-electron chi connectivity index (χ2n) is 5.59. The number of hydrogen-bond donors (Lipinski definition) is 2. The molecular formula is C20H20N4O2. The van der Waals surface area contributed by atoms with Gasteiger partial charge in [0, 0.05) is 17.4 Å². The maximum absolute atomic E-state index is 12.5. The zero-order valence-corrected chi connectivity index (χ0v) is 14.7. The molecule has 0 aliphatic carbocycles. The lowest BCUT2D eigenvalue weighted by atomic mass is 10.2. The SMILES string of the molecule is CCOc1ccc(NC(=O)c2cc(Nc3ccccc3)nc(C)n2)cc1. The zero-order chi connectivity index (χ0) is 18.4. The smallest absolute Gasteiger partial charge is 0.274 e. The number of anilines is 3. The number of aryl methyl sites for hydroxylation is 1. The number of nitrogens with one attached hydrogen (secondary N) is 2. The van der Waals surface area contributed by atoms with Gasteiger partial charge in [-0.25, -0.2) is 9.97 Å². The Morgan fingerprint density at radius 1 is 1.00 bits per heavy atom. The molecule has 1 heterocycles. The minimum Gasteiger partial charge on any atom is -0.494 e. The number of nitrogens with zero attached hydrogens (tertiary/aromatic N) is 2. The molecule has 2 aromatic carbocycles. The van der Waals surface area contributed by atoms with Crippen molar-refractivity contribution in [2.75, 3.05) is 17.2 Å². The standard InChI is InChI=1S/C20H20N4O2/c1-3-26-17-11-9-16(10-12-17)24-20(25)18-13-19(22-14(2)21-18)23-15-7-5-4-6-8-15/h4-13H,3H2,1-2H3,(H,24,25)(H,21,22,23). The number of para-hydroxylation sites is 1. The summed E-state index contributed by atoms with van der Waals surface area (Å²) >= 11 is 0. The third kappa shape index (κ3) is 4.57. The van der Waals surface area contributed by atoms with Crippen molar-refractivity contribution in [3.8, 4) is 5.75 Å². The fourth-order valence-electron chi connectivity index (χ4n) is 2.41. The average Bonchev–Trinajstić information content (AvgIpc) is 2.64.